The minimum Gasteiger partial charge on any atom is -0.481 e. The molecule has 0 aliphatic heterocycles. The minimum atomic E-state index is -0.677. The summed E-state index contributed by atoms with van der Waals surface area (Å²) in [4.78, 5) is 21.9. The van der Waals surface area contributed by atoms with E-state index in [0.29, 0.717) is 0 Å². The summed E-state index contributed by atoms with van der Waals surface area (Å²) in [5.41, 5.74) is 2.11. The lowest BCUT2D eigenvalue weighted by atomic mass is 10.0. The van der Waals surface area contributed by atoms with Gasteiger partial charge < -0.3 is 10.2 Å². The first-order valence-electron chi connectivity index (χ1n) is 9.65. The predicted octanol–water partition coefficient (Wildman–Crippen LogP) is 5.02. The zero-order valence-corrected chi connectivity index (χ0v) is 16.8. The Morgan fingerprint density at radius 2 is 0.929 bits per heavy atom. The summed E-state index contributed by atoms with van der Waals surface area (Å²) in [6.07, 6.45) is 0. The second-order valence-electron chi connectivity index (χ2n) is 9.05. The lowest BCUT2D eigenvalue weighted by Crippen LogP contribution is -2.03. The SMILES string of the molecule is CC1(C)[C@@H](C(=O)O)[C@@H]1c1ccccc1.CC1(C)[C@H](C(=O)O)[C@H]1c1ccccc1. The molecule has 28 heavy (non-hydrogen) atoms. The standard InChI is InChI=1S/2C12H14O2/c2*1-12(2)9(10(12)11(13)14)8-6-4-3-5-7-8/h2*3-7,9-10H,1-2H3,(H,13,14)/t2*9-,10+/m10/s1. The number of hydrogen-bond donors (Lipinski definition) is 2. The molecular formula is C24H28O4. The smallest absolute Gasteiger partial charge is 0.307 e. The highest BCUT2D eigenvalue weighted by molar-refractivity contribution is 5.78. The van der Waals surface area contributed by atoms with Gasteiger partial charge in [-0.25, -0.2) is 0 Å². The van der Waals surface area contributed by atoms with Gasteiger partial charge in [0.2, 0.25) is 0 Å². The van der Waals surface area contributed by atoms with Crippen LogP contribution in [0.3, 0.4) is 0 Å². The summed E-state index contributed by atoms with van der Waals surface area (Å²) in [6.45, 7) is 8.07. The van der Waals surface area contributed by atoms with Crippen molar-refractivity contribution in [2.75, 3.05) is 0 Å². The molecule has 2 aromatic carbocycles. The van der Waals surface area contributed by atoms with Crippen LogP contribution in [0.25, 0.3) is 0 Å². The van der Waals surface area contributed by atoms with Crippen molar-refractivity contribution in [2.45, 2.75) is 39.5 Å². The zero-order valence-electron chi connectivity index (χ0n) is 16.8. The molecule has 0 amide bonds. The van der Waals surface area contributed by atoms with Gasteiger partial charge in [0.05, 0.1) is 11.8 Å². The van der Waals surface area contributed by atoms with Crippen molar-refractivity contribution >= 4 is 11.9 Å². The average Bonchev–Trinajstić information content (AvgIpc) is 3.44. The van der Waals surface area contributed by atoms with Crippen molar-refractivity contribution in [2.24, 2.45) is 22.7 Å². The first-order chi connectivity index (χ1) is 13.1. The molecular weight excluding hydrogens is 352 g/mol. The van der Waals surface area contributed by atoms with Gasteiger partial charge in [-0.1, -0.05) is 88.4 Å². The van der Waals surface area contributed by atoms with Crippen LogP contribution in [-0.4, -0.2) is 22.2 Å². The molecule has 2 fully saturated rings. The zero-order chi connectivity index (χ0) is 20.7. The fraction of sp³-hybridized carbons (Fsp3) is 0.417. The van der Waals surface area contributed by atoms with E-state index >= 15 is 0 Å². The van der Waals surface area contributed by atoms with Crippen LogP contribution >= 0.6 is 0 Å². The van der Waals surface area contributed by atoms with Crippen molar-refractivity contribution in [1.29, 1.82) is 0 Å². The lowest BCUT2D eigenvalue weighted by molar-refractivity contribution is -0.140. The molecule has 0 bridgehead atoms. The Bertz CT molecular complexity index is 781. The van der Waals surface area contributed by atoms with Gasteiger partial charge in [-0.05, 0) is 22.0 Å². The monoisotopic (exact) mass is 380 g/mol. The van der Waals surface area contributed by atoms with Gasteiger partial charge in [0, 0.05) is 11.8 Å². The third-order valence-electron chi connectivity index (χ3n) is 6.50. The van der Waals surface area contributed by atoms with Gasteiger partial charge in [0.1, 0.15) is 0 Å². The summed E-state index contributed by atoms with van der Waals surface area (Å²) < 4.78 is 0. The number of rotatable bonds is 4. The third kappa shape index (κ3) is 3.56. The molecule has 2 aliphatic rings. The number of hydrogen-bond acceptors (Lipinski definition) is 2. The maximum absolute atomic E-state index is 11.0. The molecule has 0 unspecified atom stereocenters. The largest absolute Gasteiger partial charge is 0.481 e. The maximum Gasteiger partial charge on any atom is 0.307 e. The molecule has 4 atom stereocenters. The summed E-state index contributed by atoms with van der Waals surface area (Å²) in [7, 11) is 0. The van der Waals surface area contributed by atoms with Crippen LogP contribution in [0.15, 0.2) is 60.7 Å². The molecule has 2 aliphatic carbocycles. The second kappa shape index (κ2) is 7.08. The summed E-state index contributed by atoms with van der Waals surface area (Å²) in [5.74, 6) is -1.43. The van der Waals surface area contributed by atoms with E-state index in [0.717, 1.165) is 11.1 Å². The van der Waals surface area contributed by atoms with Gasteiger partial charge in [0.25, 0.3) is 0 Å². The third-order valence-corrected chi connectivity index (χ3v) is 6.50. The lowest BCUT2D eigenvalue weighted by Gasteiger charge is -2.01. The van der Waals surface area contributed by atoms with Crippen molar-refractivity contribution in [1.82, 2.24) is 0 Å². The Morgan fingerprint density at radius 3 is 1.14 bits per heavy atom. The number of aliphatic carboxylic acids is 2. The van der Waals surface area contributed by atoms with E-state index in [1.165, 1.54) is 0 Å². The highest BCUT2D eigenvalue weighted by Gasteiger charge is 2.63. The number of carbonyl (C=O) groups is 2. The van der Waals surface area contributed by atoms with Crippen LogP contribution in [0, 0.1) is 22.7 Å². The second-order valence-corrected chi connectivity index (χ2v) is 9.05. The van der Waals surface area contributed by atoms with E-state index in [-0.39, 0.29) is 34.5 Å². The van der Waals surface area contributed by atoms with Gasteiger partial charge >= 0.3 is 11.9 Å². The van der Waals surface area contributed by atoms with Crippen LogP contribution in [0.5, 0.6) is 0 Å². The van der Waals surface area contributed by atoms with Gasteiger partial charge in [0.15, 0.2) is 0 Å². The van der Waals surface area contributed by atoms with Crippen molar-refractivity contribution < 1.29 is 19.8 Å². The van der Waals surface area contributed by atoms with E-state index in [9.17, 15) is 9.59 Å². The Kier molecular flexibility index (Phi) is 5.09. The van der Waals surface area contributed by atoms with Crippen molar-refractivity contribution in [3.05, 3.63) is 71.8 Å². The Hall–Kier alpha value is -2.62. The van der Waals surface area contributed by atoms with Crippen LogP contribution in [0.4, 0.5) is 0 Å². The molecule has 4 rings (SSSR count). The highest BCUT2D eigenvalue weighted by atomic mass is 16.4. The van der Waals surface area contributed by atoms with Crippen molar-refractivity contribution in [3.63, 3.8) is 0 Å². The highest BCUT2D eigenvalue weighted by Crippen LogP contribution is 2.65. The molecule has 0 saturated heterocycles. The molecule has 2 aromatic rings. The van der Waals surface area contributed by atoms with Crippen LogP contribution in [0.1, 0.15) is 50.7 Å². The van der Waals surface area contributed by atoms with Gasteiger partial charge in [-0.15, -0.1) is 0 Å². The minimum absolute atomic E-state index is 0.0901. The molecule has 4 nitrogen and oxygen atoms in total. The van der Waals surface area contributed by atoms with Crippen LogP contribution in [-0.2, 0) is 9.59 Å². The summed E-state index contributed by atoms with van der Waals surface area (Å²) in [5, 5.41) is 18.0. The molecule has 2 saturated carbocycles. The van der Waals surface area contributed by atoms with Crippen LogP contribution < -0.4 is 0 Å². The fourth-order valence-corrected chi connectivity index (χ4v) is 4.76. The van der Waals surface area contributed by atoms with E-state index < -0.39 is 11.9 Å². The summed E-state index contributed by atoms with van der Waals surface area (Å²) >= 11 is 0. The normalized spacial score (nSPS) is 28.4. The fourth-order valence-electron chi connectivity index (χ4n) is 4.76. The molecule has 0 spiro atoms. The summed E-state index contributed by atoms with van der Waals surface area (Å²) in [6, 6.07) is 19.8. The molecule has 2 N–H and O–H groups in total. The number of benzene rings is 2. The topological polar surface area (TPSA) is 74.6 Å². The first-order valence-corrected chi connectivity index (χ1v) is 9.65. The van der Waals surface area contributed by atoms with Crippen LogP contribution in [0.2, 0.25) is 0 Å². The predicted molar refractivity (Wildman–Crippen MR) is 108 cm³/mol. The van der Waals surface area contributed by atoms with E-state index in [1.807, 2.05) is 88.4 Å². The van der Waals surface area contributed by atoms with E-state index in [4.69, 9.17) is 10.2 Å². The number of carboxylic acid groups (broad SMARTS) is 2. The Morgan fingerprint density at radius 1 is 0.643 bits per heavy atom. The maximum atomic E-state index is 11.0. The van der Waals surface area contributed by atoms with E-state index in [2.05, 4.69) is 0 Å². The molecule has 0 aromatic heterocycles. The average molecular weight is 380 g/mol. The Balaban J connectivity index is 0.000000161. The first kappa shape index (κ1) is 20.1. The Labute approximate surface area is 166 Å². The van der Waals surface area contributed by atoms with E-state index in [1.54, 1.807) is 0 Å². The molecule has 148 valence electrons. The molecule has 0 radical (unpaired) electrons. The molecule has 4 heteroatoms. The molecule has 0 heterocycles. The van der Waals surface area contributed by atoms with Gasteiger partial charge in [-0.2, -0.15) is 0 Å². The van der Waals surface area contributed by atoms with Gasteiger partial charge in [-0.3, -0.25) is 9.59 Å². The van der Waals surface area contributed by atoms with Crippen molar-refractivity contribution in [3.8, 4) is 0 Å². The number of carboxylic acids is 2. The quantitative estimate of drug-likeness (QED) is 0.781.